The van der Waals surface area contributed by atoms with Gasteiger partial charge in [0, 0.05) is 0 Å². The lowest BCUT2D eigenvalue weighted by Gasteiger charge is -2.12. The van der Waals surface area contributed by atoms with E-state index in [1.165, 1.54) is 22.3 Å². The fraction of sp³-hybridized carbons (Fsp3) is 0.100. The van der Waals surface area contributed by atoms with Crippen molar-refractivity contribution in [3.05, 3.63) is 131 Å². The van der Waals surface area contributed by atoms with Gasteiger partial charge in [0.1, 0.15) is 0 Å². The van der Waals surface area contributed by atoms with Crippen LogP contribution in [-0.4, -0.2) is 0 Å². The van der Waals surface area contributed by atoms with Gasteiger partial charge in [-0.1, -0.05) is 110 Å². The zero-order valence-electron chi connectivity index (χ0n) is 17.7. The van der Waals surface area contributed by atoms with E-state index in [-0.39, 0.29) is 0 Å². The van der Waals surface area contributed by atoms with Crippen molar-refractivity contribution in [3.8, 4) is 17.2 Å². The number of nitriles is 1. The SMILES string of the molecule is CC(Cc1ccc(-c2ccc(/C=C/c3ccc(C#N)cc3)cc2)cc1)c1ccccc1. The Bertz CT molecular complexity index is 1180. The van der Waals surface area contributed by atoms with Crippen molar-refractivity contribution >= 4 is 12.2 Å². The number of hydrogen-bond acceptors (Lipinski definition) is 1. The fourth-order valence-corrected chi connectivity index (χ4v) is 3.73. The summed E-state index contributed by atoms with van der Waals surface area (Å²) in [5, 5.41) is 8.89. The molecule has 0 amide bonds. The van der Waals surface area contributed by atoms with Gasteiger partial charge in [0.05, 0.1) is 11.6 Å². The second kappa shape index (κ2) is 9.74. The Labute approximate surface area is 184 Å². The highest BCUT2D eigenvalue weighted by atomic mass is 14.2. The molecular weight excluding hydrogens is 374 g/mol. The molecule has 0 fully saturated rings. The van der Waals surface area contributed by atoms with Gasteiger partial charge in [0.25, 0.3) is 0 Å². The first kappa shape index (κ1) is 20.4. The van der Waals surface area contributed by atoms with Crippen LogP contribution >= 0.6 is 0 Å². The summed E-state index contributed by atoms with van der Waals surface area (Å²) < 4.78 is 0. The molecule has 1 heteroatoms. The predicted octanol–water partition coefficient (Wildman–Crippen LogP) is 7.74. The van der Waals surface area contributed by atoms with E-state index in [1.807, 2.05) is 24.3 Å². The van der Waals surface area contributed by atoms with E-state index >= 15 is 0 Å². The molecule has 4 rings (SSSR count). The lowest BCUT2D eigenvalue weighted by Crippen LogP contribution is -1.98. The lowest BCUT2D eigenvalue weighted by atomic mass is 9.93. The van der Waals surface area contributed by atoms with Crippen LogP contribution in [0.5, 0.6) is 0 Å². The maximum atomic E-state index is 8.89. The van der Waals surface area contributed by atoms with Crippen LogP contribution in [0.3, 0.4) is 0 Å². The molecule has 1 unspecified atom stereocenters. The second-order valence-electron chi connectivity index (χ2n) is 7.90. The zero-order chi connectivity index (χ0) is 21.5. The molecular formula is C30H25N. The summed E-state index contributed by atoms with van der Waals surface area (Å²) in [7, 11) is 0. The maximum absolute atomic E-state index is 8.89. The minimum absolute atomic E-state index is 0.509. The molecule has 0 saturated carbocycles. The minimum atomic E-state index is 0.509. The van der Waals surface area contributed by atoms with Crippen LogP contribution in [0, 0.1) is 11.3 Å². The number of benzene rings is 4. The number of hydrogen-bond donors (Lipinski definition) is 0. The molecule has 0 heterocycles. The summed E-state index contributed by atoms with van der Waals surface area (Å²) in [5.41, 5.74) is 8.13. The van der Waals surface area contributed by atoms with Crippen LogP contribution < -0.4 is 0 Å². The Kier molecular flexibility index (Phi) is 6.41. The molecule has 0 aliphatic rings. The highest BCUT2D eigenvalue weighted by Gasteiger charge is 2.06. The first-order valence-corrected chi connectivity index (χ1v) is 10.6. The third-order valence-corrected chi connectivity index (χ3v) is 5.62. The third-order valence-electron chi connectivity index (χ3n) is 5.62. The Morgan fingerprint density at radius 2 is 1.19 bits per heavy atom. The van der Waals surface area contributed by atoms with E-state index < -0.39 is 0 Å². The minimum Gasteiger partial charge on any atom is -0.192 e. The van der Waals surface area contributed by atoms with Crippen molar-refractivity contribution in [1.82, 2.24) is 0 Å². The summed E-state index contributed by atoms with van der Waals surface area (Å²) in [6.07, 6.45) is 5.21. The molecule has 0 spiro atoms. The third kappa shape index (κ3) is 5.38. The molecule has 150 valence electrons. The standard InChI is InChI=1S/C30H25N/c1-23(28-5-3-2-4-6-28)21-26-15-19-30(20-16-26)29-17-13-25(14-18-29)8-7-24-9-11-27(22-31)12-10-24/h2-20,23H,21H2,1H3/b8-7+. The van der Waals surface area contributed by atoms with Gasteiger partial charge in [0.2, 0.25) is 0 Å². The Balaban J connectivity index is 1.40. The smallest absolute Gasteiger partial charge is 0.0991 e. The molecule has 0 aliphatic heterocycles. The summed E-state index contributed by atoms with van der Waals surface area (Å²) in [6, 6.07) is 38.0. The lowest BCUT2D eigenvalue weighted by molar-refractivity contribution is 0.759. The van der Waals surface area contributed by atoms with Crippen molar-refractivity contribution < 1.29 is 0 Å². The largest absolute Gasteiger partial charge is 0.192 e. The molecule has 0 saturated heterocycles. The maximum Gasteiger partial charge on any atom is 0.0991 e. The number of nitrogens with zero attached hydrogens (tertiary/aromatic N) is 1. The van der Waals surface area contributed by atoms with E-state index in [9.17, 15) is 0 Å². The van der Waals surface area contributed by atoms with Gasteiger partial charge in [-0.2, -0.15) is 5.26 Å². The fourth-order valence-electron chi connectivity index (χ4n) is 3.73. The van der Waals surface area contributed by atoms with E-state index in [0.29, 0.717) is 11.5 Å². The van der Waals surface area contributed by atoms with Gasteiger partial charge in [-0.15, -0.1) is 0 Å². The molecule has 0 bridgehead atoms. The monoisotopic (exact) mass is 399 g/mol. The molecule has 0 aromatic heterocycles. The molecule has 1 atom stereocenters. The van der Waals surface area contributed by atoms with Gasteiger partial charge < -0.3 is 0 Å². The van der Waals surface area contributed by atoms with Crippen molar-refractivity contribution in [2.24, 2.45) is 0 Å². The van der Waals surface area contributed by atoms with Crippen molar-refractivity contribution in [2.75, 3.05) is 0 Å². The van der Waals surface area contributed by atoms with Crippen LogP contribution in [-0.2, 0) is 6.42 Å². The van der Waals surface area contributed by atoms with Crippen LogP contribution in [0.2, 0.25) is 0 Å². The van der Waals surface area contributed by atoms with Crippen molar-refractivity contribution in [2.45, 2.75) is 19.3 Å². The van der Waals surface area contributed by atoms with E-state index in [1.54, 1.807) is 0 Å². The van der Waals surface area contributed by atoms with E-state index in [2.05, 4.69) is 104 Å². The molecule has 31 heavy (non-hydrogen) atoms. The Morgan fingerprint density at radius 1 is 0.677 bits per heavy atom. The van der Waals surface area contributed by atoms with E-state index in [4.69, 9.17) is 5.26 Å². The molecule has 1 nitrogen and oxygen atoms in total. The first-order chi connectivity index (χ1) is 15.2. The van der Waals surface area contributed by atoms with Gasteiger partial charge in [-0.3, -0.25) is 0 Å². The van der Waals surface area contributed by atoms with Gasteiger partial charge in [0.15, 0.2) is 0 Å². The average Bonchev–Trinajstić information content (AvgIpc) is 2.84. The molecule has 0 N–H and O–H groups in total. The molecule has 0 radical (unpaired) electrons. The van der Waals surface area contributed by atoms with Crippen LogP contribution in [0.4, 0.5) is 0 Å². The van der Waals surface area contributed by atoms with E-state index in [0.717, 1.165) is 17.5 Å². The van der Waals surface area contributed by atoms with Crippen LogP contribution in [0.15, 0.2) is 103 Å². The predicted molar refractivity (Wildman–Crippen MR) is 131 cm³/mol. The average molecular weight is 400 g/mol. The van der Waals surface area contributed by atoms with Gasteiger partial charge in [-0.05, 0) is 57.9 Å². The van der Waals surface area contributed by atoms with Crippen LogP contribution in [0.1, 0.15) is 40.7 Å². The quantitative estimate of drug-likeness (QED) is 0.304. The van der Waals surface area contributed by atoms with Crippen LogP contribution in [0.25, 0.3) is 23.3 Å². The zero-order valence-corrected chi connectivity index (χ0v) is 17.7. The first-order valence-electron chi connectivity index (χ1n) is 10.6. The molecule has 0 aliphatic carbocycles. The Hall–Kier alpha value is -3.89. The van der Waals surface area contributed by atoms with Gasteiger partial charge in [-0.25, -0.2) is 0 Å². The molecule has 4 aromatic rings. The summed E-state index contributed by atoms with van der Waals surface area (Å²) in [4.78, 5) is 0. The summed E-state index contributed by atoms with van der Waals surface area (Å²) >= 11 is 0. The van der Waals surface area contributed by atoms with Crippen molar-refractivity contribution in [1.29, 1.82) is 5.26 Å². The van der Waals surface area contributed by atoms with Crippen molar-refractivity contribution in [3.63, 3.8) is 0 Å². The second-order valence-corrected chi connectivity index (χ2v) is 7.90. The highest BCUT2D eigenvalue weighted by molar-refractivity contribution is 5.72. The topological polar surface area (TPSA) is 23.8 Å². The summed E-state index contributed by atoms with van der Waals surface area (Å²) in [6.45, 7) is 2.29. The molecule has 4 aromatic carbocycles. The normalized spacial score (nSPS) is 11.9. The summed E-state index contributed by atoms with van der Waals surface area (Å²) in [5.74, 6) is 0.509. The number of rotatable bonds is 6. The van der Waals surface area contributed by atoms with Gasteiger partial charge >= 0.3 is 0 Å². The Morgan fingerprint density at radius 3 is 1.74 bits per heavy atom. The highest BCUT2D eigenvalue weighted by Crippen LogP contribution is 2.24.